The van der Waals surface area contributed by atoms with Gasteiger partial charge in [0.05, 0.1) is 22.6 Å². The summed E-state index contributed by atoms with van der Waals surface area (Å²) in [4.78, 5) is 65.7. The fourth-order valence-corrected chi connectivity index (χ4v) is 5.75. The summed E-state index contributed by atoms with van der Waals surface area (Å²) in [5, 5.41) is 12.2. The highest BCUT2D eigenvalue weighted by molar-refractivity contribution is 5.92. The van der Waals surface area contributed by atoms with E-state index in [9.17, 15) is 24.3 Å². The van der Waals surface area contributed by atoms with Gasteiger partial charge in [-0.1, -0.05) is 113 Å². The zero-order valence-electron chi connectivity index (χ0n) is 28.2. The van der Waals surface area contributed by atoms with Gasteiger partial charge >= 0.3 is 11.7 Å². The van der Waals surface area contributed by atoms with Gasteiger partial charge in [0.25, 0.3) is 5.56 Å². The Balaban J connectivity index is 1.24. The molecule has 4 aromatic rings. The predicted octanol–water partition coefficient (Wildman–Crippen LogP) is 6.17. The van der Waals surface area contributed by atoms with E-state index in [2.05, 4.69) is 32.7 Å². The number of benzene rings is 2. The minimum absolute atomic E-state index is 0.131. The molecule has 262 valence electrons. The number of rotatable bonds is 18. The molecule has 1 atom stereocenters. The number of aromatic nitrogens is 4. The highest BCUT2D eigenvalue weighted by Gasteiger charge is 2.24. The first-order chi connectivity index (χ1) is 24.3. The molecular weight excluding hydrogens is 636 g/mol. The van der Waals surface area contributed by atoms with E-state index in [0.29, 0.717) is 23.6 Å². The lowest BCUT2D eigenvalue weighted by molar-refractivity contribution is -0.148. The molecule has 3 heterocycles. The molecule has 12 nitrogen and oxygen atoms in total. The number of carboxylic acids is 1. The van der Waals surface area contributed by atoms with Gasteiger partial charge in [-0.2, -0.15) is 0 Å². The number of H-pyrrole nitrogens is 3. The van der Waals surface area contributed by atoms with Crippen molar-refractivity contribution in [3.05, 3.63) is 98.8 Å². The van der Waals surface area contributed by atoms with E-state index in [0.717, 1.165) is 35.1 Å². The third-order valence-electron chi connectivity index (χ3n) is 8.56. The van der Waals surface area contributed by atoms with E-state index in [1.807, 2.05) is 48.5 Å². The Kier molecular flexibility index (Phi) is 12.7. The third kappa shape index (κ3) is 9.79. The molecular formula is C38H44N6O6. The molecule has 1 aliphatic rings. The fourth-order valence-electron chi connectivity index (χ4n) is 5.75. The van der Waals surface area contributed by atoms with E-state index < -0.39 is 23.3 Å². The Morgan fingerprint density at radius 1 is 0.860 bits per heavy atom. The summed E-state index contributed by atoms with van der Waals surface area (Å²) in [6.07, 6.45) is 17.5. The Labute approximate surface area is 290 Å². The molecule has 6 N–H and O–H groups in total. The quantitative estimate of drug-likeness (QED) is 0.0533. The van der Waals surface area contributed by atoms with Crippen LogP contribution >= 0.6 is 0 Å². The van der Waals surface area contributed by atoms with Gasteiger partial charge in [-0.05, 0) is 29.7 Å². The third-order valence-corrected chi connectivity index (χ3v) is 8.56. The molecule has 1 amide bonds. The topological polar surface area (TPSA) is 182 Å². The summed E-state index contributed by atoms with van der Waals surface area (Å²) in [5.41, 5.74) is 6.38. The molecule has 5 rings (SSSR count). The Bertz CT molecular complexity index is 1920. The van der Waals surface area contributed by atoms with Crippen molar-refractivity contribution in [3.8, 4) is 33.9 Å². The van der Waals surface area contributed by atoms with Crippen LogP contribution in [0.15, 0.2) is 76.5 Å². The number of hydrogen-bond acceptors (Lipinski definition) is 7. The predicted molar refractivity (Wildman–Crippen MR) is 194 cm³/mol. The van der Waals surface area contributed by atoms with Crippen LogP contribution < -0.4 is 22.0 Å². The van der Waals surface area contributed by atoms with Gasteiger partial charge < -0.3 is 20.4 Å². The lowest BCUT2D eigenvalue weighted by Crippen LogP contribution is -2.22. The molecule has 1 unspecified atom stereocenters. The first kappa shape index (κ1) is 35.8. The second-order valence-electron chi connectivity index (χ2n) is 12.4. The average molecular weight is 681 g/mol. The van der Waals surface area contributed by atoms with Crippen LogP contribution in [0.25, 0.3) is 45.7 Å². The van der Waals surface area contributed by atoms with Crippen molar-refractivity contribution in [2.45, 2.75) is 77.2 Å². The minimum atomic E-state index is -1.10. The van der Waals surface area contributed by atoms with Crippen LogP contribution in [-0.4, -0.2) is 49.6 Å². The number of carboxylic acid groups (broad SMARTS) is 1. The highest BCUT2D eigenvalue weighted by atomic mass is 16.7. The van der Waals surface area contributed by atoms with Gasteiger partial charge in [0.15, 0.2) is 0 Å². The normalized spacial score (nSPS) is 14.1. The Morgan fingerprint density at radius 3 is 2.14 bits per heavy atom. The van der Waals surface area contributed by atoms with Crippen molar-refractivity contribution in [3.63, 3.8) is 0 Å². The largest absolute Gasteiger partial charge is 0.479 e. The number of unbranched alkanes of at least 4 members (excludes halogenated alkanes) is 9. The number of hydrogen-bond donors (Lipinski definition) is 6. The molecule has 50 heavy (non-hydrogen) atoms. The maximum atomic E-state index is 12.6. The maximum absolute atomic E-state index is 12.6. The molecule has 0 aliphatic carbocycles. The summed E-state index contributed by atoms with van der Waals surface area (Å²) in [6, 6.07) is 14.8. The van der Waals surface area contributed by atoms with Crippen molar-refractivity contribution >= 4 is 23.6 Å². The van der Waals surface area contributed by atoms with Crippen LogP contribution in [-0.2, 0) is 14.4 Å². The summed E-state index contributed by atoms with van der Waals surface area (Å²) < 4.78 is 0. The molecule has 0 bridgehead atoms. The molecule has 0 spiro atoms. The van der Waals surface area contributed by atoms with Gasteiger partial charge in [0.2, 0.25) is 12.0 Å². The summed E-state index contributed by atoms with van der Waals surface area (Å²) in [5.74, 6) is -0.967. The minimum Gasteiger partial charge on any atom is -0.479 e. The first-order valence-electron chi connectivity index (χ1n) is 17.3. The van der Waals surface area contributed by atoms with Crippen LogP contribution in [0.3, 0.4) is 0 Å². The number of amides is 1. The molecule has 2 aromatic heterocycles. The molecule has 1 aliphatic heterocycles. The second-order valence-corrected chi connectivity index (χ2v) is 12.4. The van der Waals surface area contributed by atoms with Crippen LogP contribution in [0.5, 0.6) is 0 Å². The highest BCUT2D eigenvalue weighted by Crippen LogP contribution is 2.33. The number of carbonyl (C=O) groups excluding carboxylic acids is 1. The van der Waals surface area contributed by atoms with Gasteiger partial charge in [0, 0.05) is 29.9 Å². The monoisotopic (exact) mass is 680 g/mol. The number of aliphatic carboxylic acids is 1. The smallest absolute Gasteiger partial charge is 0.339 e. The van der Waals surface area contributed by atoms with Crippen molar-refractivity contribution in [2.24, 2.45) is 0 Å². The number of hydroxylamine groups is 1. The molecule has 12 heteroatoms. The lowest BCUT2D eigenvalue weighted by atomic mass is 10.0. The van der Waals surface area contributed by atoms with E-state index in [4.69, 9.17) is 9.82 Å². The van der Waals surface area contributed by atoms with Crippen molar-refractivity contribution < 1.29 is 19.5 Å². The number of nitrogens with zero attached hydrogens (tertiary/aromatic N) is 1. The van der Waals surface area contributed by atoms with Crippen LogP contribution in [0.1, 0.15) is 82.3 Å². The Hall–Kier alpha value is -5.49. The van der Waals surface area contributed by atoms with Crippen molar-refractivity contribution in [2.75, 3.05) is 6.54 Å². The molecule has 0 radical (unpaired) electrons. The van der Waals surface area contributed by atoms with Gasteiger partial charge in [0.1, 0.15) is 5.82 Å². The van der Waals surface area contributed by atoms with Gasteiger partial charge in [-0.15, -0.1) is 0 Å². The van der Waals surface area contributed by atoms with Crippen LogP contribution in [0.4, 0.5) is 0 Å². The summed E-state index contributed by atoms with van der Waals surface area (Å²) in [7, 11) is 0. The van der Waals surface area contributed by atoms with Crippen LogP contribution in [0.2, 0.25) is 0 Å². The SMILES string of the molecule is CCCCCCCCCCCCNC(=O)C=Cc1ccc(-c2[nH]c(-c3c[nH]c(=O)[nH]c3=O)nc2-c2ccc(C3=CC(C(=O)O)ON3)cc2)cc1. The van der Waals surface area contributed by atoms with Crippen molar-refractivity contribution in [1.29, 1.82) is 0 Å². The zero-order chi connectivity index (χ0) is 35.3. The summed E-state index contributed by atoms with van der Waals surface area (Å²) >= 11 is 0. The molecule has 0 saturated heterocycles. The van der Waals surface area contributed by atoms with Crippen molar-refractivity contribution in [1.82, 2.24) is 30.7 Å². The lowest BCUT2D eigenvalue weighted by Gasteiger charge is -2.07. The fraction of sp³-hybridized carbons (Fsp3) is 0.342. The van der Waals surface area contributed by atoms with Crippen LogP contribution in [0, 0.1) is 0 Å². The van der Waals surface area contributed by atoms with Gasteiger partial charge in [-0.3, -0.25) is 24.9 Å². The summed E-state index contributed by atoms with van der Waals surface area (Å²) in [6.45, 7) is 2.90. The maximum Gasteiger partial charge on any atom is 0.339 e. The standard InChI is InChI=1S/C38H44N6O6/c1-2-3-4-5-6-7-8-9-10-11-22-39-32(45)21-14-25-12-15-27(16-13-25)33-34(42-35(41-33)29-24-40-38(49)43-36(29)46)28-19-17-26(18-20-28)30-23-31(37(47)48)50-44-30/h12-21,23-24,31,44H,2-11,22H2,1H3,(H,39,45)(H,41,42)(H,47,48)(H2,40,43,46,49). The zero-order valence-corrected chi connectivity index (χ0v) is 28.2. The van der Waals surface area contributed by atoms with E-state index in [1.165, 1.54) is 69.7 Å². The Morgan fingerprint density at radius 2 is 1.50 bits per heavy atom. The van der Waals surface area contributed by atoms with E-state index in [1.54, 1.807) is 6.08 Å². The van der Waals surface area contributed by atoms with E-state index in [-0.39, 0.29) is 17.3 Å². The average Bonchev–Trinajstić information content (AvgIpc) is 3.79. The molecule has 2 aromatic carbocycles. The molecule has 0 saturated carbocycles. The number of imidazole rings is 1. The number of nitrogens with one attached hydrogen (secondary N) is 5. The number of aromatic amines is 3. The van der Waals surface area contributed by atoms with E-state index >= 15 is 0 Å². The number of carbonyl (C=O) groups is 2. The second kappa shape index (κ2) is 17.8. The van der Waals surface area contributed by atoms with Gasteiger partial charge in [-0.25, -0.2) is 14.6 Å². The molecule has 0 fully saturated rings. The first-order valence-corrected chi connectivity index (χ1v) is 17.3.